The smallest absolute Gasteiger partial charge is 0.330 e. The molecule has 0 heterocycles. The first-order chi connectivity index (χ1) is 8.81. The second-order valence-electron chi connectivity index (χ2n) is 3.88. The molecule has 0 aliphatic carbocycles. The monoisotopic (exact) mass is 333 g/mol. The fourth-order valence-corrected chi connectivity index (χ4v) is 1.63. The zero-order chi connectivity index (χ0) is 16.6. The van der Waals surface area contributed by atoms with Crippen molar-refractivity contribution in [2.24, 2.45) is 11.7 Å². The molecule has 0 radical (unpaired) electrons. The van der Waals surface area contributed by atoms with Gasteiger partial charge in [0.2, 0.25) is 0 Å². The number of esters is 1. The number of hydrogen-bond acceptors (Lipinski definition) is 7. The molecule has 0 aromatic rings. The maximum atomic E-state index is 10.3. The third-order valence-electron chi connectivity index (χ3n) is 1.75. The Morgan fingerprint density at radius 2 is 1.75 bits per heavy atom. The van der Waals surface area contributed by atoms with Crippen LogP contribution in [0.3, 0.4) is 0 Å². The highest BCUT2D eigenvalue weighted by atomic mass is 32.2. The first-order valence-electron chi connectivity index (χ1n) is 5.27. The van der Waals surface area contributed by atoms with Crippen LogP contribution in [-0.2, 0) is 29.8 Å². The number of carbonyl (C=O) groups excluding carboxylic acids is 1. The molecule has 120 valence electrons. The standard InChI is InChI=1S/C5H8O5S.C4H11NO3S/c1-2-5(6)10-3-4-11(7,8)9;1-3(2)4(5)9(6,7)8/h2H,1,3-4H2,(H,7,8,9);3-4H,5H2,1-2H3,(H,6,7,8). The van der Waals surface area contributed by atoms with Crippen molar-refractivity contribution in [3.63, 3.8) is 0 Å². The molecule has 0 bridgehead atoms. The van der Waals surface area contributed by atoms with Crippen molar-refractivity contribution in [1.29, 1.82) is 0 Å². The molecule has 0 rings (SSSR count). The molecule has 0 fully saturated rings. The molecule has 0 spiro atoms. The van der Waals surface area contributed by atoms with Gasteiger partial charge in [-0.2, -0.15) is 16.8 Å². The summed E-state index contributed by atoms with van der Waals surface area (Å²) in [5.74, 6) is -1.55. The van der Waals surface area contributed by atoms with Gasteiger partial charge in [-0.15, -0.1) is 0 Å². The molecule has 9 nitrogen and oxygen atoms in total. The van der Waals surface area contributed by atoms with Crippen LogP contribution in [0.25, 0.3) is 0 Å². The maximum Gasteiger partial charge on any atom is 0.330 e. The van der Waals surface area contributed by atoms with E-state index in [-0.39, 0.29) is 12.5 Å². The summed E-state index contributed by atoms with van der Waals surface area (Å²) in [7, 11) is -8.06. The zero-order valence-corrected chi connectivity index (χ0v) is 12.7. The Kier molecular flexibility index (Phi) is 9.61. The summed E-state index contributed by atoms with van der Waals surface area (Å²) in [6.45, 7) is 5.98. The van der Waals surface area contributed by atoms with E-state index in [0.717, 1.165) is 6.08 Å². The van der Waals surface area contributed by atoms with Crippen LogP contribution >= 0.6 is 0 Å². The Balaban J connectivity index is 0. The molecule has 1 unspecified atom stereocenters. The van der Waals surface area contributed by atoms with Crippen LogP contribution in [0.1, 0.15) is 13.8 Å². The van der Waals surface area contributed by atoms with Gasteiger partial charge in [-0.3, -0.25) is 9.11 Å². The first kappa shape index (κ1) is 21.3. The van der Waals surface area contributed by atoms with Gasteiger partial charge < -0.3 is 10.5 Å². The van der Waals surface area contributed by atoms with Gasteiger partial charge >= 0.3 is 5.97 Å². The van der Waals surface area contributed by atoms with Gasteiger partial charge in [0.1, 0.15) is 17.7 Å². The summed E-state index contributed by atoms with van der Waals surface area (Å²) in [5, 5.41) is -1.16. The quantitative estimate of drug-likeness (QED) is 0.328. The van der Waals surface area contributed by atoms with E-state index < -0.39 is 37.3 Å². The molecular formula is C9H19NO8S2. The zero-order valence-electron chi connectivity index (χ0n) is 11.1. The molecule has 0 aromatic carbocycles. The number of carbonyl (C=O) groups is 1. The maximum absolute atomic E-state index is 10.3. The van der Waals surface area contributed by atoms with E-state index in [2.05, 4.69) is 11.3 Å². The van der Waals surface area contributed by atoms with Crippen LogP contribution in [0.15, 0.2) is 12.7 Å². The lowest BCUT2D eigenvalue weighted by Crippen LogP contribution is -2.34. The molecule has 4 N–H and O–H groups in total. The van der Waals surface area contributed by atoms with E-state index in [1.54, 1.807) is 13.8 Å². The second-order valence-corrected chi connectivity index (χ2v) is 7.03. The third kappa shape index (κ3) is 13.4. The van der Waals surface area contributed by atoms with E-state index in [9.17, 15) is 21.6 Å². The molecule has 0 amide bonds. The second kappa shape index (κ2) is 9.02. The molecule has 0 aliphatic rings. The average molecular weight is 333 g/mol. The van der Waals surface area contributed by atoms with Crippen LogP contribution in [0, 0.1) is 5.92 Å². The third-order valence-corrected chi connectivity index (χ3v) is 3.67. The van der Waals surface area contributed by atoms with Gasteiger partial charge in [-0.05, 0) is 5.92 Å². The van der Waals surface area contributed by atoms with Gasteiger partial charge in [0, 0.05) is 6.08 Å². The highest BCUT2D eigenvalue weighted by Crippen LogP contribution is 2.03. The van der Waals surface area contributed by atoms with Crippen LogP contribution in [-0.4, -0.2) is 49.6 Å². The SMILES string of the molecule is C=CC(=O)OCCS(=O)(=O)O.CC(C)C(N)S(=O)(=O)O. The van der Waals surface area contributed by atoms with Crippen molar-refractivity contribution in [3.05, 3.63) is 12.7 Å². The number of rotatable bonds is 6. The molecule has 0 aliphatic heterocycles. The van der Waals surface area contributed by atoms with Crippen molar-refractivity contribution in [2.45, 2.75) is 19.2 Å². The van der Waals surface area contributed by atoms with Crippen molar-refractivity contribution in [1.82, 2.24) is 0 Å². The summed E-state index contributed by atoms with van der Waals surface area (Å²) < 4.78 is 61.2. The molecule has 0 saturated heterocycles. The number of ether oxygens (including phenoxy) is 1. The Bertz CT molecular complexity index is 508. The van der Waals surface area contributed by atoms with E-state index in [4.69, 9.17) is 14.8 Å². The average Bonchev–Trinajstić information content (AvgIpc) is 2.25. The largest absolute Gasteiger partial charge is 0.461 e. The van der Waals surface area contributed by atoms with Crippen molar-refractivity contribution in [3.8, 4) is 0 Å². The predicted octanol–water partition coefficient (Wildman–Crippen LogP) is -0.582. The summed E-state index contributed by atoms with van der Waals surface area (Å²) in [5.41, 5.74) is 5.06. The minimum atomic E-state index is -4.04. The highest BCUT2D eigenvalue weighted by molar-refractivity contribution is 7.86. The summed E-state index contributed by atoms with van der Waals surface area (Å²) in [6, 6.07) is 0. The van der Waals surface area contributed by atoms with E-state index >= 15 is 0 Å². The Morgan fingerprint density at radius 1 is 1.30 bits per heavy atom. The number of hydrogen-bond donors (Lipinski definition) is 3. The first-order valence-corrected chi connectivity index (χ1v) is 8.38. The highest BCUT2D eigenvalue weighted by Gasteiger charge is 2.20. The lowest BCUT2D eigenvalue weighted by molar-refractivity contribution is -0.137. The number of nitrogens with two attached hydrogens (primary N) is 1. The van der Waals surface area contributed by atoms with E-state index in [0.29, 0.717) is 0 Å². The lowest BCUT2D eigenvalue weighted by atomic mass is 10.2. The molecule has 0 saturated carbocycles. The molecule has 11 heteroatoms. The minimum Gasteiger partial charge on any atom is -0.461 e. The topological polar surface area (TPSA) is 161 Å². The molecular weight excluding hydrogens is 314 g/mol. The van der Waals surface area contributed by atoms with E-state index in [1.807, 2.05) is 0 Å². The van der Waals surface area contributed by atoms with Gasteiger partial charge in [-0.1, -0.05) is 20.4 Å². The fraction of sp³-hybridized carbons (Fsp3) is 0.667. The van der Waals surface area contributed by atoms with Crippen LogP contribution in [0.2, 0.25) is 0 Å². The summed E-state index contributed by atoms with van der Waals surface area (Å²) in [6.07, 6.45) is 0.907. The Labute approximate surface area is 118 Å². The van der Waals surface area contributed by atoms with Gasteiger partial charge in [0.15, 0.2) is 0 Å². The van der Waals surface area contributed by atoms with Crippen LogP contribution in [0.5, 0.6) is 0 Å². The van der Waals surface area contributed by atoms with Crippen LogP contribution < -0.4 is 5.73 Å². The van der Waals surface area contributed by atoms with Crippen molar-refractivity contribution in [2.75, 3.05) is 12.4 Å². The van der Waals surface area contributed by atoms with Crippen LogP contribution in [0.4, 0.5) is 0 Å². The van der Waals surface area contributed by atoms with Crippen molar-refractivity contribution < 1.29 is 35.5 Å². The molecule has 0 aromatic heterocycles. The van der Waals surface area contributed by atoms with Crippen molar-refractivity contribution >= 4 is 26.2 Å². The predicted molar refractivity (Wildman–Crippen MR) is 71.9 cm³/mol. The molecule has 20 heavy (non-hydrogen) atoms. The minimum absolute atomic E-state index is 0.250. The van der Waals surface area contributed by atoms with Gasteiger partial charge in [-0.25, -0.2) is 4.79 Å². The lowest BCUT2D eigenvalue weighted by Gasteiger charge is -2.10. The Morgan fingerprint density at radius 3 is 1.95 bits per heavy atom. The van der Waals surface area contributed by atoms with Gasteiger partial charge in [0.25, 0.3) is 20.2 Å². The summed E-state index contributed by atoms with van der Waals surface area (Å²) >= 11 is 0. The van der Waals surface area contributed by atoms with E-state index in [1.165, 1.54) is 0 Å². The Hall–Kier alpha value is -1.01. The summed E-state index contributed by atoms with van der Waals surface area (Å²) in [4.78, 5) is 10.3. The van der Waals surface area contributed by atoms with Gasteiger partial charge in [0.05, 0.1) is 0 Å². The molecule has 1 atom stereocenters. The fourth-order valence-electron chi connectivity index (χ4n) is 0.650. The normalized spacial score (nSPS) is 13.1.